The van der Waals surface area contributed by atoms with Crippen molar-refractivity contribution in [2.24, 2.45) is 7.05 Å². The van der Waals surface area contributed by atoms with Gasteiger partial charge >= 0.3 is 0 Å². The monoisotopic (exact) mass is 307 g/mol. The van der Waals surface area contributed by atoms with Crippen LogP contribution in [-0.2, 0) is 20.0 Å². The topological polar surface area (TPSA) is 29.9 Å². The van der Waals surface area contributed by atoms with Gasteiger partial charge in [-0.1, -0.05) is 28.1 Å². The van der Waals surface area contributed by atoms with Crippen molar-refractivity contribution in [3.8, 4) is 0 Å². The molecule has 1 heterocycles. The highest BCUT2D eigenvalue weighted by Gasteiger charge is 2.00. The number of aromatic nitrogens is 2. The molecule has 0 amide bonds. The van der Waals surface area contributed by atoms with Crippen LogP contribution >= 0.6 is 15.9 Å². The first-order chi connectivity index (χ1) is 8.65. The van der Waals surface area contributed by atoms with E-state index in [1.165, 1.54) is 15.6 Å². The molecule has 18 heavy (non-hydrogen) atoms. The molecule has 1 aromatic carbocycles. The van der Waals surface area contributed by atoms with Gasteiger partial charge in [0.25, 0.3) is 0 Å². The molecule has 0 spiro atoms. The Bertz CT molecular complexity index is 520. The second-order valence-corrected chi connectivity index (χ2v) is 5.36. The van der Waals surface area contributed by atoms with Gasteiger partial charge in [-0.15, -0.1) is 0 Å². The summed E-state index contributed by atoms with van der Waals surface area (Å²) in [6.45, 7) is 3.92. The van der Waals surface area contributed by atoms with E-state index in [0.717, 1.165) is 25.2 Å². The standard InChI is InChI=1S/C14H18BrN3/c1-11-3-4-12(14(15)9-11)10-16-7-5-13-6-8-18(2)17-13/h3-4,6,8-9,16H,5,7,10H2,1-2H3. The summed E-state index contributed by atoms with van der Waals surface area (Å²) in [6, 6.07) is 8.51. The maximum absolute atomic E-state index is 4.35. The molecule has 0 radical (unpaired) electrons. The SMILES string of the molecule is Cc1ccc(CNCCc2ccn(C)n2)c(Br)c1. The minimum atomic E-state index is 0.883. The Morgan fingerprint density at radius 2 is 2.17 bits per heavy atom. The predicted molar refractivity (Wildman–Crippen MR) is 77.5 cm³/mol. The number of halogens is 1. The van der Waals surface area contributed by atoms with E-state index in [9.17, 15) is 0 Å². The number of aryl methyl sites for hydroxylation is 2. The van der Waals surface area contributed by atoms with Crippen molar-refractivity contribution in [2.45, 2.75) is 19.9 Å². The molecule has 0 aliphatic rings. The normalized spacial score (nSPS) is 10.8. The number of benzene rings is 1. The van der Waals surface area contributed by atoms with Crippen LogP contribution in [0.4, 0.5) is 0 Å². The summed E-state index contributed by atoms with van der Waals surface area (Å²) in [4.78, 5) is 0. The summed E-state index contributed by atoms with van der Waals surface area (Å²) >= 11 is 3.59. The zero-order valence-corrected chi connectivity index (χ0v) is 12.4. The third kappa shape index (κ3) is 3.68. The minimum absolute atomic E-state index is 0.883. The summed E-state index contributed by atoms with van der Waals surface area (Å²) in [5.74, 6) is 0. The highest BCUT2D eigenvalue weighted by atomic mass is 79.9. The van der Waals surface area contributed by atoms with Gasteiger partial charge in [0, 0.05) is 37.2 Å². The molecule has 0 fully saturated rings. The Kier molecular flexibility index (Phi) is 4.55. The molecule has 0 atom stereocenters. The van der Waals surface area contributed by atoms with Crippen LogP contribution in [-0.4, -0.2) is 16.3 Å². The Hall–Kier alpha value is -1.13. The van der Waals surface area contributed by atoms with E-state index in [1.54, 1.807) is 0 Å². The van der Waals surface area contributed by atoms with Crippen LogP contribution in [0, 0.1) is 6.92 Å². The Labute approximate surface area is 116 Å². The number of nitrogens with zero attached hydrogens (tertiary/aromatic N) is 2. The molecule has 0 saturated carbocycles. The maximum atomic E-state index is 4.35. The van der Waals surface area contributed by atoms with E-state index in [-0.39, 0.29) is 0 Å². The highest BCUT2D eigenvalue weighted by Crippen LogP contribution is 2.17. The van der Waals surface area contributed by atoms with Crippen LogP contribution in [0.5, 0.6) is 0 Å². The Morgan fingerprint density at radius 3 is 2.83 bits per heavy atom. The fourth-order valence-corrected chi connectivity index (χ4v) is 2.47. The number of hydrogen-bond acceptors (Lipinski definition) is 2. The van der Waals surface area contributed by atoms with E-state index < -0.39 is 0 Å². The maximum Gasteiger partial charge on any atom is 0.0637 e. The highest BCUT2D eigenvalue weighted by molar-refractivity contribution is 9.10. The van der Waals surface area contributed by atoms with E-state index >= 15 is 0 Å². The van der Waals surface area contributed by atoms with Gasteiger partial charge < -0.3 is 5.32 Å². The zero-order chi connectivity index (χ0) is 13.0. The first kappa shape index (κ1) is 13.3. The Balaban J connectivity index is 1.78. The number of rotatable bonds is 5. The van der Waals surface area contributed by atoms with Gasteiger partial charge in [-0.2, -0.15) is 5.10 Å². The van der Waals surface area contributed by atoms with Crippen molar-refractivity contribution in [3.63, 3.8) is 0 Å². The fourth-order valence-electron chi connectivity index (χ4n) is 1.83. The minimum Gasteiger partial charge on any atom is -0.312 e. The smallest absolute Gasteiger partial charge is 0.0637 e. The second-order valence-electron chi connectivity index (χ2n) is 4.50. The third-order valence-electron chi connectivity index (χ3n) is 2.85. The van der Waals surface area contributed by atoms with Crippen LogP contribution in [0.2, 0.25) is 0 Å². The van der Waals surface area contributed by atoms with Crippen molar-refractivity contribution < 1.29 is 0 Å². The fraction of sp³-hybridized carbons (Fsp3) is 0.357. The van der Waals surface area contributed by atoms with Gasteiger partial charge in [-0.05, 0) is 30.2 Å². The van der Waals surface area contributed by atoms with Crippen LogP contribution in [0.25, 0.3) is 0 Å². The molecule has 4 heteroatoms. The lowest BCUT2D eigenvalue weighted by Gasteiger charge is -2.07. The summed E-state index contributed by atoms with van der Waals surface area (Å²) in [6.07, 6.45) is 2.94. The molecule has 0 aliphatic carbocycles. The molecule has 0 bridgehead atoms. The first-order valence-corrected chi connectivity index (χ1v) is 6.89. The van der Waals surface area contributed by atoms with Gasteiger partial charge in [0.05, 0.1) is 5.69 Å². The third-order valence-corrected chi connectivity index (χ3v) is 3.59. The molecular weight excluding hydrogens is 290 g/mol. The molecule has 96 valence electrons. The van der Waals surface area contributed by atoms with Gasteiger partial charge in [-0.3, -0.25) is 4.68 Å². The van der Waals surface area contributed by atoms with E-state index in [2.05, 4.69) is 57.5 Å². The molecule has 2 aromatic rings. The van der Waals surface area contributed by atoms with Crippen LogP contribution < -0.4 is 5.32 Å². The van der Waals surface area contributed by atoms with Crippen molar-refractivity contribution >= 4 is 15.9 Å². The zero-order valence-electron chi connectivity index (χ0n) is 10.8. The second kappa shape index (κ2) is 6.16. The first-order valence-electron chi connectivity index (χ1n) is 6.09. The summed E-state index contributed by atoms with van der Waals surface area (Å²) < 4.78 is 3.01. The van der Waals surface area contributed by atoms with E-state index in [0.29, 0.717) is 0 Å². The predicted octanol–water partition coefficient (Wildman–Crippen LogP) is 2.82. The lowest BCUT2D eigenvalue weighted by atomic mass is 10.1. The Morgan fingerprint density at radius 1 is 1.33 bits per heavy atom. The van der Waals surface area contributed by atoms with E-state index in [1.807, 2.05) is 17.9 Å². The van der Waals surface area contributed by atoms with Gasteiger partial charge in [0.2, 0.25) is 0 Å². The lowest BCUT2D eigenvalue weighted by Crippen LogP contribution is -2.17. The number of hydrogen-bond donors (Lipinski definition) is 1. The van der Waals surface area contributed by atoms with Crippen LogP contribution in [0.1, 0.15) is 16.8 Å². The van der Waals surface area contributed by atoms with Gasteiger partial charge in [0.15, 0.2) is 0 Å². The van der Waals surface area contributed by atoms with Crippen LogP contribution in [0.15, 0.2) is 34.9 Å². The summed E-state index contributed by atoms with van der Waals surface area (Å²) in [5, 5.41) is 7.79. The molecule has 0 unspecified atom stereocenters. The van der Waals surface area contributed by atoms with Crippen molar-refractivity contribution in [1.29, 1.82) is 0 Å². The largest absolute Gasteiger partial charge is 0.312 e. The molecule has 3 nitrogen and oxygen atoms in total. The average molecular weight is 308 g/mol. The van der Waals surface area contributed by atoms with Gasteiger partial charge in [-0.25, -0.2) is 0 Å². The van der Waals surface area contributed by atoms with Gasteiger partial charge in [0.1, 0.15) is 0 Å². The molecule has 1 aromatic heterocycles. The number of nitrogens with one attached hydrogen (secondary N) is 1. The molecular formula is C14H18BrN3. The van der Waals surface area contributed by atoms with Crippen LogP contribution in [0.3, 0.4) is 0 Å². The molecule has 0 saturated heterocycles. The quantitative estimate of drug-likeness (QED) is 0.861. The van der Waals surface area contributed by atoms with E-state index in [4.69, 9.17) is 0 Å². The summed E-state index contributed by atoms with van der Waals surface area (Å²) in [7, 11) is 1.94. The van der Waals surface area contributed by atoms with Crippen molar-refractivity contribution in [2.75, 3.05) is 6.54 Å². The molecule has 1 N–H and O–H groups in total. The lowest BCUT2D eigenvalue weighted by molar-refractivity contribution is 0.664. The molecule has 0 aliphatic heterocycles. The van der Waals surface area contributed by atoms with Crippen molar-refractivity contribution in [3.05, 3.63) is 51.8 Å². The van der Waals surface area contributed by atoms with Crippen molar-refractivity contribution in [1.82, 2.24) is 15.1 Å². The average Bonchev–Trinajstić information content (AvgIpc) is 2.73. The molecule has 2 rings (SSSR count). The summed E-state index contributed by atoms with van der Waals surface area (Å²) in [5.41, 5.74) is 3.70.